The van der Waals surface area contributed by atoms with Crippen molar-refractivity contribution < 1.29 is 4.42 Å². The van der Waals surface area contributed by atoms with Crippen LogP contribution in [0.3, 0.4) is 0 Å². The third-order valence-corrected chi connectivity index (χ3v) is 4.26. The predicted molar refractivity (Wildman–Crippen MR) is 90.5 cm³/mol. The van der Waals surface area contributed by atoms with Crippen molar-refractivity contribution in [3.63, 3.8) is 0 Å². The number of halogens is 1. The zero-order valence-electron chi connectivity index (χ0n) is 12.1. The molecule has 0 aliphatic carbocycles. The van der Waals surface area contributed by atoms with Crippen molar-refractivity contribution in [2.45, 2.75) is 25.8 Å². The van der Waals surface area contributed by atoms with Crippen LogP contribution >= 0.6 is 15.9 Å². The third-order valence-electron chi connectivity index (χ3n) is 3.77. The summed E-state index contributed by atoms with van der Waals surface area (Å²) < 4.78 is 6.91. The van der Waals surface area contributed by atoms with Gasteiger partial charge in [-0.2, -0.15) is 0 Å². The second-order valence-electron chi connectivity index (χ2n) is 5.63. The highest BCUT2D eigenvalue weighted by Gasteiger charge is 2.14. The number of hydrogen-bond acceptors (Lipinski definition) is 2. The number of fused-ring (bicyclic) bond motifs is 1. The highest BCUT2D eigenvalue weighted by molar-refractivity contribution is 9.10. The van der Waals surface area contributed by atoms with Gasteiger partial charge in [0.25, 0.3) is 0 Å². The summed E-state index contributed by atoms with van der Waals surface area (Å²) in [5, 5.41) is 1.06. The fraction of sp³-hybridized carbons (Fsp3) is 0.222. The van der Waals surface area contributed by atoms with Crippen LogP contribution in [0.15, 0.2) is 57.4 Å². The Hall–Kier alpha value is -1.58. The van der Waals surface area contributed by atoms with E-state index in [-0.39, 0.29) is 6.04 Å². The van der Waals surface area contributed by atoms with Crippen LogP contribution in [0.5, 0.6) is 0 Å². The van der Waals surface area contributed by atoms with Gasteiger partial charge in [-0.15, -0.1) is 0 Å². The first-order valence-corrected chi connectivity index (χ1v) is 7.88. The van der Waals surface area contributed by atoms with Crippen LogP contribution in [0.2, 0.25) is 0 Å². The molecule has 2 N–H and O–H groups in total. The highest BCUT2D eigenvalue weighted by Crippen LogP contribution is 2.29. The van der Waals surface area contributed by atoms with E-state index in [9.17, 15) is 0 Å². The van der Waals surface area contributed by atoms with Crippen molar-refractivity contribution >= 4 is 26.9 Å². The molecule has 108 valence electrons. The van der Waals surface area contributed by atoms with Crippen LogP contribution in [0.25, 0.3) is 11.0 Å². The number of furan rings is 1. The summed E-state index contributed by atoms with van der Waals surface area (Å²) in [7, 11) is 0. The van der Waals surface area contributed by atoms with E-state index in [4.69, 9.17) is 10.2 Å². The maximum atomic E-state index is 6.34. The van der Waals surface area contributed by atoms with E-state index in [0.717, 1.165) is 26.8 Å². The van der Waals surface area contributed by atoms with Gasteiger partial charge in [-0.3, -0.25) is 0 Å². The zero-order valence-corrected chi connectivity index (χ0v) is 13.7. The lowest BCUT2D eigenvalue weighted by Crippen LogP contribution is -2.10. The molecule has 2 nitrogen and oxygen atoms in total. The van der Waals surface area contributed by atoms with Gasteiger partial charge in [-0.25, -0.2) is 0 Å². The molecular weight excluding hydrogens is 326 g/mol. The number of nitrogens with two attached hydrogens (primary N) is 1. The summed E-state index contributed by atoms with van der Waals surface area (Å²) in [6.07, 6.45) is 0. The van der Waals surface area contributed by atoms with Crippen molar-refractivity contribution in [3.05, 3.63) is 69.9 Å². The first-order valence-electron chi connectivity index (χ1n) is 7.09. The van der Waals surface area contributed by atoms with E-state index in [1.165, 1.54) is 5.56 Å². The Labute approximate surface area is 133 Å². The van der Waals surface area contributed by atoms with Gasteiger partial charge < -0.3 is 10.2 Å². The van der Waals surface area contributed by atoms with Gasteiger partial charge in [0.15, 0.2) is 0 Å². The summed E-state index contributed by atoms with van der Waals surface area (Å²) in [5.41, 5.74) is 9.59. The molecule has 0 aliphatic rings. The molecule has 0 saturated carbocycles. The van der Waals surface area contributed by atoms with Gasteiger partial charge in [-0.1, -0.05) is 54.0 Å². The molecule has 1 heterocycles. The molecule has 0 amide bonds. The third kappa shape index (κ3) is 2.89. The van der Waals surface area contributed by atoms with Crippen LogP contribution < -0.4 is 5.73 Å². The molecule has 3 heteroatoms. The maximum absolute atomic E-state index is 6.34. The topological polar surface area (TPSA) is 39.2 Å². The minimum Gasteiger partial charge on any atom is -0.459 e. The van der Waals surface area contributed by atoms with E-state index >= 15 is 0 Å². The Bertz CT molecular complexity index is 758. The zero-order chi connectivity index (χ0) is 15.0. The van der Waals surface area contributed by atoms with Gasteiger partial charge in [0.05, 0.1) is 6.04 Å². The lowest BCUT2D eigenvalue weighted by atomic mass is 9.98. The Kier molecular flexibility index (Phi) is 3.87. The van der Waals surface area contributed by atoms with Gasteiger partial charge >= 0.3 is 0 Å². The molecule has 0 fully saturated rings. The fourth-order valence-corrected chi connectivity index (χ4v) is 2.82. The highest BCUT2D eigenvalue weighted by atomic mass is 79.9. The number of rotatable bonds is 3. The summed E-state index contributed by atoms with van der Waals surface area (Å²) in [5.74, 6) is 1.32. The van der Waals surface area contributed by atoms with Crippen molar-refractivity contribution in [2.75, 3.05) is 0 Å². The van der Waals surface area contributed by atoms with E-state index in [2.05, 4.69) is 54.0 Å². The molecule has 0 saturated heterocycles. The first kappa shape index (κ1) is 14.4. The van der Waals surface area contributed by atoms with Gasteiger partial charge in [-0.05, 0) is 41.3 Å². The monoisotopic (exact) mass is 343 g/mol. The molecule has 0 radical (unpaired) electrons. The van der Waals surface area contributed by atoms with E-state index in [0.29, 0.717) is 5.92 Å². The molecule has 3 rings (SSSR count). The Balaban J connectivity index is 1.93. The SMILES string of the molecule is CC(C)c1ccc(C(N)c2cc3cc(Br)ccc3o2)cc1. The van der Waals surface area contributed by atoms with Crippen LogP contribution in [0.1, 0.15) is 42.7 Å². The van der Waals surface area contributed by atoms with Crippen LogP contribution in [0, 0.1) is 0 Å². The summed E-state index contributed by atoms with van der Waals surface area (Å²) in [4.78, 5) is 0. The Morgan fingerprint density at radius 2 is 1.62 bits per heavy atom. The Morgan fingerprint density at radius 1 is 0.952 bits per heavy atom. The lowest BCUT2D eigenvalue weighted by Gasteiger charge is -2.11. The van der Waals surface area contributed by atoms with Crippen LogP contribution in [0.4, 0.5) is 0 Å². The van der Waals surface area contributed by atoms with Crippen molar-refractivity contribution in [1.29, 1.82) is 0 Å². The lowest BCUT2D eigenvalue weighted by molar-refractivity contribution is 0.525. The second-order valence-corrected chi connectivity index (χ2v) is 6.55. The maximum Gasteiger partial charge on any atom is 0.134 e. The molecular formula is C18H18BrNO. The molecule has 0 bridgehead atoms. The largest absolute Gasteiger partial charge is 0.459 e. The molecule has 1 unspecified atom stereocenters. The van der Waals surface area contributed by atoms with Crippen LogP contribution in [-0.2, 0) is 0 Å². The normalized spacial score (nSPS) is 13.0. The van der Waals surface area contributed by atoms with Crippen LogP contribution in [-0.4, -0.2) is 0 Å². The van der Waals surface area contributed by atoms with E-state index in [1.54, 1.807) is 0 Å². The summed E-state index contributed by atoms with van der Waals surface area (Å²) in [6.45, 7) is 4.37. The van der Waals surface area contributed by atoms with Crippen molar-refractivity contribution in [1.82, 2.24) is 0 Å². The van der Waals surface area contributed by atoms with Gasteiger partial charge in [0.2, 0.25) is 0 Å². The Morgan fingerprint density at radius 3 is 2.29 bits per heavy atom. The van der Waals surface area contributed by atoms with Gasteiger partial charge in [0.1, 0.15) is 11.3 Å². The molecule has 1 aromatic heterocycles. The standard InChI is InChI=1S/C18H18BrNO/c1-11(2)12-3-5-13(6-4-12)18(20)17-10-14-9-15(19)7-8-16(14)21-17/h3-11,18H,20H2,1-2H3. The molecule has 1 atom stereocenters. The first-order chi connectivity index (χ1) is 10.0. The van der Waals surface area contributed by atoms with Crippen molar-refractivity contribution in [3.8, 4) is 0 Å². The minimum absolute atomic E-state index is 0.239. The van der Waals surface area contributed by atoms with E-state index in [1.807, 2.05) is 24.3 Å². The number of hydrogen-bond donors (Lipinski definition) is 1. The molecule has 0 spiro atoms. The average molecular weight is 344 g/mol. The quantitative estimate of drug-likeness (QED) is 0.694. The average Bonchev–Trinajstić information content (AvgIpc) is 2.89. The minimum atomic E-state index is -0.239. The fourth-order valence-electron chi connectivity index (χ4n) is 2.44. The summed E-state index contributed by atoms with van der Waals surface area (Å²) >= 11 is 3.47. The second kappa shape index (κ2) is 5.66. The number of benzene rings is 2. The van der Waals surface area contributed by atoms with E-state index < -0.39 is 0 Å². The van der Waals surface area contributed by atoms with Gasteiger partial charge in [0, 0.05) is 9.86 Å². The molecule has 0 aliphatic heterocycles. The predicted octanol–water partition coefficient (Wildman–Crippen LogP) is 5.37. The smallest absolute Gasteiger partial charge is 0.134 e. The van der Waals surface area contributed by atoms with Crippen molar-refractivity contribution in [2.24, 2.45) is 5.73 Å². The summed E-state index contributed by atoms with van der Waals surface area (Å²) in [6, 6.07) is 16.2. The molecule has 2 aromatic carbocycles. The molecule has 21 heavy (non-hydrogen) atoms. The molecule has 3 aromatic rings.